The van der Waals surface area contributed by atoms with Gasteiger partial charge in [-0.3, -0.25) is 0 Å². The third-order valence-electron chi connectivity index (χ3n) is 2.53. The third-order valence-corrected chi connectivity index (χ3v) is 2.53. The monoisotopic (exact) mass is 222 g/mol. The van der Waals surface area contributed by atoms with Crippen LogP contribution in [0.3, 0.4) is 0 Å². The molecule has 3 nitrogen and oxygen atoms in total. The molecule has 0 saturated heterocycles. The van der Waals surface area contributed by atoms with Crippen LogP contribution in [0.5, 0.6) is 5.75 Å². The van der Waals surface area contributed by atoms with Gasteiger partial charge in [-0.1, -0.05) is 32.4 Å². The van der Waals surface area contributed by atoms with E-state index >= 15 is 0 Å². The molecule has 0 aromatic heterocycles. The summed E-state index contributed by atoms with van der Waals surface area (Å²) >= 11 is 0. The third kappa shape index (κ3) is 3.57. The Hall–Kier alpha value is -1.51. The number of benzene rings is 1. The minimum atomic E-state index is -1.25. The van der Waals surface area contributed by atoms with Crippen LogP contribution in [0.25, 0.3) is 0 Å². The van der Waals surface area contributed by atoms with Crippen molar-refractivity contribution in [2.24, 2.45) is 0 Å². The summed E-state index contributed by atoms with van der Waals surface area (Å²) in [6.07, 6.45) is 2.70. The first kappa shape index (κ1) is 12.6. The van der Waals surface area contributed by atoms with Crippen molar-refractivity contribution in [2.45, 2.75) is 39.5 Å². The fourth-order valence-electron chi connectivity index (χ4n) is 1.61. The molecule has 0 bridgehead atoms. The summed E-state index contributed by atoms with van der Waals surface area (Å²) in [5, 5.41) is 8.62. The van der Waals surface area contributed by atoms with Crippen molar-refractivity contribution in [1.29, 1.82) is 0 Å². The standard InChI is InChI=1S/C13H18O3/c1-3-5-6-11-9-10(4-2)7-8-12(11)16-13(14)15/h7-9H,3-6H2,1-2H3,(H,14,15). The van der Waals surface area contributed by atoms with Crippen molar-refractivity contribution in [3.05, 3.63) is 29.3 Å². The van der Waals surface area contributed by atoms with Crippen LogP contribution in [0.1, 0.15) is 37.8 Å². The van der Waals surface area contributed by atoms with Gasteiger partial charge in [-0.25, -0.2) is 4.79 Å². The predicted molar refractivity (Wildman–Crippen MR) is 63.1 cm³/mol. The van der Waals surface area contributed by atoms with E-state index in [9.17, 15) is 4.79 Å². The number of aryl methyl sites for hydroxylation is 2. The molecule has 1 aromatic rings. The minimum Gasteiger partial charge on any atom is -0.449 e. The Bertz CT molecular complexity index is 358. The molecule has 0 radical (unpaired) electrons. The number of hydrogen-bond acceptors (Lipinski definition) is 2. The second-order valence-electron chi connectivity index (χ2n) is 3.77. The van der Waals surface area contributed by atoms with Crippen LogP contribution in [0.2, 0.25) is 0 Å². The van der Waals surface area contributed by atoms with E-state index in [0.29, 0.717) is 5.75 Å². The summed E-state index contributed by atoms with van der Waals surface area (Å²) in [4.78, 5) is 10.5. The lowest BCUT2D eigenvalue weighted by molar-refractivity contribution is 0.144. The van der Waals surface area contributed by atoms with Crippen LogP contribution >= 0.6 is 0 Å². The molecule has 0 aliphatic rings. The van der Waals surface area contributed by atoms with Crippen molar-refractivity contribution in [1.82, 2.24) is 0 Å². The molecule has 0 saturated carbocycles. The molecule has 1 N–H and O–H groups in total. The lowest BCUT2D eigenvalue weighted by atomic mass is 10.0. The molecule has 0 amide bonds. The molecular weight excluding hydrogens is 204 g/mol. The van der Waals surface area contributed by atoms with Crippen LogP contribution < -0.4 is 4.74 Å². The molecule has 0 atom stereocenters. The SMILES string of the molecule is CCCCc1cc(CC)ccc1OC(=O)O. The van der Waals surface area contributed by atoms with Crippen LogP contribution in [0, 0.1) is 0 Å². The van der Waals surface area contributed by atoms with Crippen LogP contribution in [-0.4, -0.2) is 11.3 Å². The van der Waals surface area contributed by atoms with E-state index in [2.05, 4.69) is 13.8 Å². The van der Waals surface area contributed by atoms with Gasteiger partial charge >= 0.3 is 6.16 Å². The van der Waals surface area contributed by atoms with E-state index in [4.69, 9.17) is 9.84 Å². The Balaban J connectivity index is 2.91. The molecular formula is C13H18O3. The topological polar surface area (TPSA) is 46.5 Å². The number of carboxylic acid groups (broad SMARTS) is 1. The van der Waals surface area contributed by atoms with Gasteiger partial charge in [0.25, 0.3) is 0 Å². The quantitative estimate of drug-likeness (QED) is 0.611. The first-order valence-electron chi connectivity index (χ1n) is 5.70. The fourth-order valence-corrected chi connectivity index (χ4v) is 1.61. The van der Waals surface area contributed by atoms with E-state index in [1.54, 1.807) is 6.07 Å². The van der Waals surface area contributed by atoms with E-state index in [-0.39, 0.29) is 0 Å². The molecule has 0 unspecified atom stereocenters. The van der Waals surface area contributed by atoms with Crippen molar-refractivity contribution in [3.63, 3.8) is 0 Å². The second kappa shape index (κ2) is 6.16. The highest BCUT2D eigenvalue weighted by Crippen LogP contribution is 2.22. The zero-order valence-electron chi connectivity index (χ0n) is 9.82. The Labute approximate surface area is 96.1 Å². The Morgan fingerprint density at radius 2 is 2.12 bits per heavy atom. The van der Waals surface area contributed by atoms with E-state index < -0.39 is 6.16 Å². The van der Waals surface area contributed by atoms with E-state index in [0.717, 1.165) is 31.2 Å². The van der Waals surface area contributed by atoms with Gasteiger partial charge in [0.1, 0.15) is 5.75 Å². The highest BCUT2D eigenvalue weighted by Gasteiger charge is 2.08. The fraction of sp³-hybridized carbons (Fsp3) is 0.462. The Morgan fingerprint density at radius 1 is 1.38 bits per heavy atom. The summed E-state index contributed by atoms with van der Waals surface area (Å²) in [5.41, 5.74) is 2.20. The van der Waals surface area contributed by atoms with Crippen molar-refractivity contribution in [3.8, 4) is 5.75 Å². The maximum absolute atomic E-state index is 10.5. The van der Waals surface area contributed by atoms with Crippen molar-refractivity contribution < 1.29 is 14.6 Å². The van der Waals surface area contributed by atoms with Crippen LogP contribution in [0.15, 0.2) is 18.2 Å². The minimum absolute atomic E-state index is 0.471. The molecule has 0 aliphatic carbocycles. The van der Waals surface area contributed by atoms with Gasteiger partial charge in [0, 0.05) is 0 Å². The molecule has 16 heavy (non-hydrogen) atoms. The molecule has 0 aliphatic heterocycles. The van der Waals surface area contributed by atoms with Gasteiger partial charge in [0.2, 0.25) is 0 Å². The Morgan fingerprint density at radius 3 is 2.69 bits per heavy atom. The molecule has 0 heterocycles. The lowest BCUT2D eigenvalue weighted by Crippen LogP contribution is -2.05. The van der Waals surface area contributed by atoms with Gasteiger partial charge in [0.15, 0.2) is 0 Å². The highest BCUT2D eigenvalue weighted by atomic mass is 16.7. The summed E-state index contributed by atoms with van der Waals surface area (Å²) in [7, 11) is 0. The number of ether oxygens (including phenoxy) is 1. The van der Waals surface area contributed by atoms with Crippen molar-refractivity contribution in [2.75, 3.05) is 0 Å². The zero-order valence-corrected chi connectivity index (χ0v) is 9.82. The van der Waals surface area contributed by atoms with E-state index in [1.807, 2.05) is 12.1 Å². The average Bonchev–Trinajstić information content (AvgIpc) is 2.27. The van der Waals surface area contributed by atoms with Gasteiger partial charge in [-0.2, -0.15) is 0 Å². The molecule has 0 spiro atoms. The highest BCUT2D eigenvalue weighted by molar-refractivity contribution is 5.62. The van der Waals surface area contributed by atoms with Gasteiger partial charge < -0.3 is 9.84 Å². The first-order chi connectivity index (χ1) is 7.67. The largest absolute Gasteiger partial charge is 0.511 e. The molecule has 88 valence electrons. The first-order valence-corrected chi connectivity index (χ1v) is 5.70. The van der Waals surface area contributed by atoms with E-state index in [1.165, 1.54) is 5.56 Å². The lowest BCUT2D eigenvalue weighted by Gasteiger charge is -2.09. The molecule has 1 rings (SSSR count). The second-order valence-corrected chi connectivity index (χ2v) is 3.77. The van der Waals surface area contributed by atoms with Gasteiger partial charge in [0.05, 0.1) is 0 Å². The molecule has 3 heteroatoms. The number of unbranched alkanes of at least 4 members (excludes halogenated alkanes) is 1. The number of carbonyl (C=O) groups is 1. The number of rotatable bonds is 5. The van der Waals surface area contributed by atoms with Crippen LogP contribution in [0.4, 0.5) is 4.79 Å². The Kier molecular flexibility index (Phi) is 4.83. The summed E-state index contributed by atoms with van der Waals surface area (Å²) < 4.78 is 4.76. The summed E-state index contributed by atoms with van der Waals surface area (Å²) in [6.45, 7) is 4.19. The maximum atomic E-state index is 10.5. The number of hydrogen-bond donors (Lipinski definition) is 1. The van der Waals surface area contributed by atoms with Crippen LogP contribution in [-0.2, 0) is 12.8 Å². The summed E-state index contributed by atoms with van der Waals surface area (Å²) in [6, 6.07) is 5.69. The van der Waals surface area contributed by atoms with Crippen molar-refractivity contribution >= 4 is 6.16 Å². The zero-order chi connectivity index (χ0) is 12.0. The summed E-state index contributed by atoms with van der Waals surface area (Å²) in [5.74, 6) is 0.471. The predicted octanol–water partition coefficient (Wildman–Crippen LogP) is 3.65. The molecule has 1 aromatic carbocycles. The maximum Gasteiger partial charge on any atom is 0.511 e. The molecule has 0 fully saturated rings. The van der Waals surface area contributed by atoms with Gasteiger partial charge in [-0.15, -0.1) is 0 Å². The normalized spacial score (nSPS) is 10.1. The van der Waals surface area contributed by atoms with Gasteiger partial charge in [-0.05, 0) is 36.5 Å². The average molecular weight is 222 g/mol. The smallest absolute Gasteiger partial charge is 0.449 e.